The highest BCUT2D eigenvalue weighted by molar-refractivity contribution is 7.99. The Labute approximate surface area is 174 Å². The topological polar surface area (TPSA) is 55.9 Å². The number of carbonyl (C=O) groups excluding carboxylic acids is 2. The van der Waals surface area contributed by atoms with Gasteiger partial charge in [0.2, 0.25) is 11.8 Å². The van der Waals surface area contributed by atoms with Gasteiger partial charge in [-0.3, -0.25) is 14.5 Å². The minimum atomic E-state index is 0. The first-order valence-electron chi connectivity index (χ1n) is 9.23. The van der Waals surface area contributed by atoms with E-state index in [1.54, 1.807) is 0 Å². The van der Waals surface area contributed by atoms with Gasteiger partial charge in [-0.1, -0.05) is 0 Å². The van der Waals surface area contributed by atoms with Gasteiger partial charge >= 0.3 is 0 Å². The third kappa shape index (κ3) is 8.21. The van der Waals surface area contributed by atoms with E-state index >= 15 is 0 Å². The van der Waals surface area contributed by atoms with Crippen LogP contribution in [0.5, 0.6) is 0 Å². The summed E-state index contributed by atoms with van der Waals surface area (Å²) < 4.78 is 0. The summed E-state index contributed by atoms with van der Waals surface area (Å²) in [5.74, 6) is 2.63. The van der Waals surface area contributed by atoms with E-state index in [4.69, 9.17) is 0 Å². The van der Waals surface area contributed by atoms with E-state index in [1.807, 2.05) is 35.4 Å². The molecule has 2 rings (SSSR count). The van der Waals surface area contributed by atoms with Crippen LogP contribution in [0.25, 0.3) is 0 Å². The van der Waals surface area contributed by atoms with E-state index in [-0.39, 0.29) is 36.6 Å². The minimum Gasteiger partial charge on any atom is -0.342 e. The Morgan fingerprint density at radius 1 is 1.12 bits per heavy atom. The Hall–Kier alpha value is -0.210. The number of nitrogens with one attached hydrogen (secondary N) is 1. The first kappa shape index (κ1) is 25.8. The molecule has 0 radical (unpaired) electrons. The van der Waals surface area contributed by atoms with Crippen molar-refractivity contribution in [3.05, 3.63) is 0 Å². The molecule has 0 spiro atoms. The first-order valence-corrected chi connectivity index (χ1v) is 10.4. The number of thioether (sulfide) groups is 1. The molecule has 154 valence electrons. The highest BCUT2D eigenvalue weighted by Gasteiger charge is 2.24. The Kier molecular flexibility index (Phi) is 13.8. The fourth-order valence-electron chi connectivity index (χ4n) is 3.34. The zero-order valence-electron chi connectivity index (χ0n) is 15.9. The lowest BCUT2D eigenvalue weighted by molar-refractivity contribution is -0.132. The molecule has 1 atom stereocenters. The maximum absolute atomic E-state index is 12.5. The molecule has 0 aromatic heterocycles. The smallest absolute Gasteiger partial charge is 0.236 e. The fraction of sp³-hybridized carbons (Fsp3) is 0.882. The number of halogens is 2. The molecule has 2 aliphatic rings. The maximum Gasteiger partial charge on any atom is 0.236 e. The molecule has 0 aliphatic carbocycles. The van der Waals surface area contributed by atoms with Crippen molar-refractivity contribution in [2.24, 2.45) is 0 Å². The largest absolute Gasteiger partial charge is 0.342 e. The molecule has 9 heteroatoms. The predicted molar refractivity (Wildman–Crippen MR) is 114 cm³/mol. The van der Waals surface area contributed by atoms with E-state index < -0.39 is 0 Å². The van der Waals surface area contributed by atoms with Crippen LogP contribution in [0.1, 0.15) is 26.7 Å². The van der Waals surface area contributed by atoms with Crippen LogP contribution in [-0.4, -0.2) is 96.4 Å². The number of rotatable bonds is 6. The number of carbonyl (C=O) groups is 2. The van der Waals surface area contributed by atoms with Crippen LogP contribution in [0.15, 0.2) is 0 Å². The lowest BCUT2D eigenvalue weighted by Gasteiger charge is -2.27. The Bertz CT molecular complexity index is 422. The molecule has 26 heavy (non-hydrogen) atoms. The average molecular weight is 429 g/mol. The second-order valence-corrected chi connectivity index (χ2v) is 7.66. The van der Waals surface area contributed by atoms with E-state index in [9.17, 15) is 9.59 Å². The molecule has 2 fully saturated rings. The third-order valence-electron chi connectivity index (χ3n) is 4.84. The van der Waals surface area contributed by atoms with Crippen LogP contribution in [0, 0.1) is 0 Å². The second-order valence-electron chi connectivity index (χ2n) is 6.51. The van der Waals surface area contributed by atoms with Crippen molar-refractivity contribution in [3.63, 3.8) is 0 Å². The fourth-order valence-corrected chi connectivity index (χ4v) is 4.29. The summed E-state index contributed by atoms with van der Waals surface area (Å²) in [7, 11) is 0. The standard InChI is InChI=1S/C17H32N4O2S.2ClH/c1-3-20(4-2)17(23)13-19-7-5-8-21(10-9-19)16(22)12-15-14-24-11-6-18-15;;/h15,18H,3-14H2,1-2H3;2*1H. The molecule has 2 heterocycles. The van der Waals surface area contributed by atoms with Crippen molar-refractivity contribution in [3.8, 4) is 0 Å². The van der Waals surface area contributed by atoms with E-state index in [0.29, 0.717) is 19.0 Å². The third-order valence-corrected chi connectivity index (χ3v) is 5.97. The Balaban J connectivity index is 0.00000312. The molecule has 1 unspecified atom stereocenters. The van der Waals surface area contributed by atoms with Crippen LogP contribution >= 0.6 is 36.6 Å². The molecule has 0 bridgehead atoms. The number of likely N-dealkylation sites (N-methyl/N-ethyl adjacent to an activating group) is 1. The van der Waals surface area contributed by atoms with Crippen molar-refractivity contribution in [1.29, 1.82) is 0 Å². The van der Waals surface area contributed by atoms with Crippen LogP contribution < -0.4 is 5.32 Å². The SMILES string of the molecule is CCN(CC)C(=O)CN1CCCN(C(=O)CC2CSCCN2)CC1.Cl.Cl. The van der Waals surface area contributed by atoms with Crippen molar-refractivity contribution in [2.75, 3.05) is 63.9 Å². The van der Waals surface area contributed by atoms with Gasteiger partial charge in [0.15, 0.2) is 0 Å². The quantitative estimate of drug-likeness (QED) is 0.691. The number of amides is 2. The summed E-state index contributed by atoms with van der Waals surface area (Å²) in [4.78, 5) is 30.9. The van der Waals surface area contributed by atoms with Crippen molar-refractivity contribution in [1.82, 2.24) is 20.0 Å². The number of hydrogen-bond donors (Lipinski definition) is 1. The van der Waals surface area contributed by atoms with Crippen molar-refractivity contribution in [2.45, 2.75) is 32.7 Å². The van der Waals surface area contributed by atoms with Gasteiger partial charge < -0.3 is 15.1 Å². The van der Waals surface area contributed by atoms with Gasteiger partial charge in [0, 0.05) is 69.8 Å². The summed E-state index contributed by atoms with van der Waals surface area (Å²) in [6.07, 6.45) is 1.55. The first-order chi connectivity index (χ1) is 11.6. The van der Waals surface area contributed by atoms with Crippen LogP contribution in [0.4, 0.5) is 0 Å². The van der Waals surface area contributed by atoms with E-state index in [1.165, 1.54) is 0 Å². The molecule has 1 N–H and O–H groups in total. The number of hydrogen-bond acceptors (Lipinski definition) is 5. The van der Waals surface area contributed by atoms with Crippen LogP contribution in [0.2, 0.25) is 0 Å². The van der Waals surface area contributed by atoms with Gasteiger partial charge in [0.05, 0.1) is 6.54 Å². The summed E-state index contributed by atoms with van der Waals surface area (Å²) in [6.45, 7) is 10.3. The normalized spacial score (nSPS) is 21.2. The minimum absolute atomic E-state index is 0. The summed E-state index contributed by atoms with van der Waals surface area (Å²) in [6, 6.07) is 0.319. The van der Waals surface area contributed by atoms with Gasteiger partial charge in [-0.05, 0) is 20.3 Å². The molecule has 0 aromatic rings. The van der Waals surface area contributed by atoms with Crippen molar-refractivity contribution < 1.29 is 9.59 Å². The molecule has 2 saturated heterocycles. The molecule has 0 aromatic carbocycles. The van der Waals surface area contributed by atoms with Crippen molar-refractivity contribution >= 4 is 48.4 Å². The molecular formula is C17H34Cl2N4O2S. The van der Waals surface area contributed by atoms with Crippen LogP contribution in [-0.2, 0) is 9.59 Å². The summed E-state index contributed by atoms with van der Waals surface area (Å²) in [5.41, 5.74) is 0. The maximum atomic E-state index is 12.5. The lowest BCUT2D eigenvalue weighted by Crippen LogP contribution is -2.44. The molecule has 2 amide bonds. The molecule has 2 aliphatic heterocycles. The molecule has 6 nitrogen and oxygen atoms in total. The van der Waals surface area contributed by atoms with Gasteiger partial charge in [0.1, 0.15) is 0 Å². The highest BCUT2D eigenvalue weighted by Crippen LogP contribution is 2.13. The zero-order valence-corrected chi connectivity index (χ0v) is 18.4. The number of nitrogens with zero attached hydrogens (tertiary/aromatic N) is 3. The Morgan fingerprint density at radius 2 is 1.85 bits per heavy atom. The Morgan fingerprint density at radius 3 is 2.46 bits per heavy atom. The summed E-state index contributed by atoms with van der Waals surface area (Å²) in [5, 5.41) is 3.44. The molecule has 0 saturated carbocycles. The van der Waals surface area contributed by atoms with Gasteiger partial charge in [-0.2, -0.15) is 11.8 Å². The van der Waals surface area contributed by atoms with E-state index in [2.05, 4.69) is 10.2 Å². The monoisotopic (exact) mass is 428 g/mol. The summed E-state index contributed by atoms with van der Waals surface area (Å²) >= 11 is 1.93. The van der Waals surface area contributed by atoms with Gasteiger partial charge in [-0.25, -0.2) is 0 Å². The predicted octanol–water partition coefficient (Wildman–Crippen LogP) is 1.33. The van der Waals surface area contributed by atoms with Gasteiger partial charge in [0.25, 0.3) is 0 Å². The molecular weight excluding hydrogens is 395 g/mol. The average Bonchev–Trinajstić information content (AvgIpc) is 2.82. The van der Waals surface area contributed by atoms with Gasteiger partial charge in [-0.15, -0.1) is 24.8 Å². The lowest BCUT2D eigenvalue weighted by atomic mass is 10.2. The zero-order chi connectivity index (χ0) is 17.4. The van der Waals surface area contributed by atoms with Crippen LogP contribution in [0.3, 0.4) is 0 Å². The second kappa shape index (κ2) is 13.9. The van der Waals surface area contributed by atoms with E-state index in [0.717, 1.165) is 63.7 Å². The highest BCUT2D eigenvalue weighted by atomic mass is 35.5.